The fourth-order valence-corrected chi connectivity index (χ4v) is 2.36. The lowest BCUT2D eigenvalue weighted by atomic mass is 10.1. The first-order chi connectivity index (χ1) is 11.6. The predicted octanol–water partition coefficient (Wildman–Crippen LogP) is 3.63. The second-order valence-corrected chi connectivity index (χ2v) is 5.17. The summed E-state index contributed by atoms with van der Waals surface area (Å²) < 4.78 is 16.1. The number of benzene rings is 2. The minimum absolute atomic E-state index is 0.202. The maximum atomic E-state index is 12.4. The number of hydrogen-bond acceptors (Lipinski definition) is 5. The number of rotatable bonds is 4. The van der Waals surface area contributed by atoms with Crippen molar-refractivity contribution in [1.29, 1.82) is 0 Å². The molecule has 0 atom stereocenters. The fraction of sp³-hybridized carbons (Fsp3) is 0.158. The van der Waals surface area contributed by atoms with Gasteiger partial charge < -0.3 is 14.2 Å². The number of para-hydroxylation sites is 1. The van der Waals surface area contributed by atoms with Gasteiger partial charge in [-0.15, -0.1) is 0 Å². The Kier molecular flexibility index (Phi) is 4.33. The number of ketones is 1. The normalized spacial score (nSPS) is 14.2. The van der Waals surface area contributed by atoms with Crippen molar-refractivity contribution in [3.63, 3.8) is 0 Å². The van der Waals surface area contributed by atoms with E-state index < -0.39 is 0 Å². The summed E-state index contributed by atoms with van der Waals surface area (Å²) in [6.45, 7) is 1.71. The Morgan fingerprint density at radius 2 is 2.00 bits per heavy atom. The Morgan fingerprint density at radius 3 is 2.75 bits per heavy atom. The molecule has 5 nitrogen and oxygen atoms in total. The van der Waals surface area contributed by atoms with Crippen LogP contribution in [-0.4, -0.2) is 18.9 Å². The van der Waals surface area contributed by atoms with Gasteiger partial charge >= 0.3 is 5.97 Å². The van der Waals surface area contributed by atoms with Crippen molar-refractivity contribution in [1.82, 2.24) is 0 Å². The van der Waals surface area contributed by atoms with E-state index in [1.54, 1.807) is 44.4 Å². The van der Waals surface area contributed by atoms with E-state index in [0.29, 0.717) is 22.8 Å². The van der Waals surface area contributed by atoms with Crippen molar-refractivity contribution < 1.29 is 23.8 Å². The third-order valence-electron chi connectivity index (χ3n) is 3.59. The molecule has 0 radical (unpaired) electrons. The average molecular weight is 324 g/mol. The van der Waals surface area contributed by atoms with Gasteiger partial charge in [0.15, 0.2) is 5.76 Å². The van der Waals surface area contributed by atoms with Crippen LogP contribution >= 0.6 is 0 Å². The Hall–Kier alpha value is -3.08. The quantitative estimate of drug-likeness (QED) is 0.488. The summed E-state index contributed by atoms with van der Waals surface area (Å²) in [5.74, 6) is 1.02. The average Bonchev–Trinajstić information content (AvgIpc) is 2.90. The van der Waals surface area contributed by atoms with Gasteiger partial charge in [0.2, 0.25) is 5.78 Å². The smallest absolute Gasteiger partial charge is 0.310 e. The molecule has 5 heteroatoms. The number of methoxy groups -OCH3 is 1. The van der Waals surface area contributed by atoms with Crippen molar-refractivity contribution in [2.45, 2.75) is 13.3 Å². The molecule has 0 amide bonds. The largest absolute Gasteiger partial charge is 0.496 e. The first-order valence-corrected chi connectivity index (χ1v) is 7.54. The van der Waals surface area contributed by atoms with E-state index in [1.807, 2.05) is 18.2 Å². The molecule has 2 aromatic carbocycles. The van der Waals surface area contributed by atoms with Crippen LogP contribution in [-0.2, 0) is 4.79 Å². The molecule has 0 saturated carbocycles. The van der Waals surface area contributed by atoms with E-state index in [1.165, 1.54) is 0 Å². The highest BCUT2D eigenvalue weighted by atomic mass is 16.5. The van der Waals surface area contributed by atoms with E-state index in [0.717, 1.165) is 5.56 Å². The van der Waals surface area contributed by atoms with Gasteiger partial charge in [-0.1, -0.05) is 25.1 Å². The van der Waals surface area contributed by atoms with Gasteiger partial charge in [0.25, 0.3) is 0 Å². The van der Waals surface area contributed by atoms with Crippen LogP contribution in [0.1, 0.15) is 29.3 Å². The summed E-state index contributed by atoms with van der Waals surface area (Å²) in [5.41, 5.74) is 1.18. The number of esters is 1. The van der Waals surface area contributed by atoms with Crippen molar-refractivity contribution in [2.75, 3.05) is 7.11 Å². The molecule has 0 aliphatic carbocycles. The van der Waals surface area contributed by atoms with E-state index in [-0.39, 0.29) is 23.9 Å². The molecule has 0 bridgehead atoms. The second-order valence-electron chi connectivity index (χ2n) is 5.17. The summed E-state index contributed by atoms with van der Waals surface area (Å²) in [5, 5.41) is 0. The van der Waals surface area contributed by atoms with Crippen molar-refractivity contribution in [2.24, 2.45) is 0 Å². The van der Waals surface area contributed by atoms with Crippen LogP contribution in [0.4, 0.5) is 0 Å². The molecule has 1 heterocycles. The Bertz CT molecular complexity index is 835. The Labute approximate surface area is 139 Å². The molecule has 0 unspecified atom stereocenters. The summed E-state index contributed by atoms with van der Waals surface area (Å²) in [6, 6.07) is 12.1. The number of allylic oxidation sites excluding steroid dienone is 1. The molecule has 0 spiro atoms. The van der Waals surface area contributed by atoms with Crippen LogP contribution in [0.5, 0.6) is 17.2 Å². The molecule has 0 fully saturated rings. The molecule has 0 aromatic heterocycles. The molecule has 1 aliphatic heterocycles. The van der Waals surface area contributed by atoms with Crippen LogP contribution < -0.4 is 14.2 Å². The molecule has 24 heavy (non-hydrogen) atoms. The molecule has 0 saturated heterocycles. The second kappa shape index (κ2) is 6.58. The van der Waals surface area contributed by atoms with Gasteiger partial charge in [0, 0.05) is 18.1 Å². The third kappa shape index (κ3) is 3.01. The SMILES string of the molecule is CCC(=O)Oc1ccc2c(c1)OC(=Cc1ccccc1OC)C2=O. The van der Waals surface area contributed by atoms with Gasteiger partial charge in [-0.2, -0.15) is 0 Å². The zero-order chi connectivity index (χ0) is 17.1. The number of carbonyl (C=O) groups is 2. The number of ether oxygens (including phenoxy) is 3. The fourth-order valence-electron chi connectivity index (χ4n) is 2.36. The van der Waals surface area contributed by atoms with E-state index >= 15 is 0 Å². The molecule has 0 N–H and O–H groups in total. The summed E-state index contributed by atoms with van der Waals surface area (Å²) in [4.78, 5) is 23.8. The number of carbonyl (C=O) groups excluding carboxylic acids is 2. The van der Waals surface area contributed by atoms with Gasteiger partial charge in [0.1, 0.15) is 17.2 Å². The minimum Gasteiger partial charge on any atom is -0.496 e. The Balaban J connectivity index is 1.90. The highest BCUT2D eigenvalue weighted by Gasteiger charge is 2.28. The van der Waals surface area contributed by atoms with Gasteiger partial charge in [-0.05, 0) is 24.3 Å². The summed E-state index contributed by atoms with van der Waals surface area (Å²) >= 11 is 0. The van der Waals surface area contributed by atoms with E-state index in [9.17, 15) is 9.59 Å². The number of Topliss-reactive ketones (excluding diaryl/α,β-unsaturated/α-hetero) is 1. The van der Waals surface area contributed by atoms with Crippen molar-refractivity contribution >= 4 is 17.8 Å². The predicted molar refractivity (Wildman–Crippen MR) is 88.3 cm³/mol. The molecular formula is C19H16O5. The van der Waals surface area contributed by atoms with Crippen molar-refractivity contribution in [3.8, 4) is 17.2 Å². The third-order valence-corrected chi connectivity index (χ3v) is 3.59. The molecular weight excluding hydrogens is 308 g/mol. The monoisotopic (exact) mass is 324 g/mol. The molecule has 3 rings (SSSR count). The van der Waals surface area contributed by atoms with Crippen molar-refractivity contribution in [3.05, 3.63) is 59.4 Å². The van der Waals surface area contributed by atoms with Crippen LogP contribution in [0, 0.1) is 0 Å². The minimum atomic E-state index is -0.343. The van der Waals surface area contributed by atoms with Gasteiger partial charge in [0.05, 0.1) is 12.7 Å². The van der Waals surface area contributed by atoms with E-state index in [2.05, 4.69) is 0 Å². The van der Waals surface area contributed by atoms with Crippen LogP contribution in [0.15, 0.2) is 48.2 Å². The summed E-state index contributed by atoms with van der Waals surface area (Å²) in [7, 11) is 1.57. The summed E-state index contributed by atoms with van der Waals surface area (Å²) in [6.07, 6.45) is 1.91. The zero-order valence-electron chi connectivity index (χ0n) is 13.4. The lowest BCUT2D eigenvalue weighted by molar-refractivity contribution is -0.134. The maximum Gasteiger partial charge on any atom is 0.310 e. The lowest BCUT2D eigenvalue weighted by Crippen LogP contribution is -2.05. The Morgan fingerprint density at radius 1 is 1.21 bits per heavy atom. The van der Waals surface area contributed by atoms with Crippen LogP contribution in [0.3, 0.4) is 0 Å². The lowest BCUT2D eigenvalue weighted by Gasteiger charge is -2.05. The first kappa shape index (κ1) is 15.8. The zero-order valence-corrected chi connectivity index (χ0v) is 13.4. The maximum absolute atomic E-state index is 12.4. The standard InChI is InChI=1S/C19H16O5/c1-3-18(20)23-13-8-9-14-16(11-13)24-17(19(14)21)10-12-6-4-5-7-15(12)22-2/h4-11H,3H2,1-2H3. The van der Waals surface area contributed by atoms with Gasteiger partial charge in [-0.3, -0.25) is 9.59 Å². The molecule has 1 aliphatic rings. The number of hydrogen-bond donors (Lipinski definition) is 0. The van der Waals surface area contributed by atoms with Crippen LogP contribution in [0.25, 0.3) is 6.08 Å². The molecule has 2 aromatic rings. The highest BCUT2D eigenvalue weighted by Crippen LogP contribution is 2.35. The van der Waals surface area contributed by atoms with Crippen LogP contribution in [0.2, 0.25) is 0 Å². The topological polar surface area (TPSA) is 61.8 Å². The molecule has 122 valence electrons. The highest BCUT2D eigenvalue weighted by molar-refractivity contribution is 6.14. The van der Waals surface area contributed by atoms with E-state index in [4.69, 9.17) is 14.2 Å². The van der Waals surface area contributed by atoms with Gasteiger partial charge in [-0.25, -0.2) is 0 Å². The first-order valence-electron chi connectivity index (χ1n) is 7.54. The number of fused-ring (bicyclic) bond motifs is 1.